The van der Waals surface area contributed by atoms with Crippen LogP contribution in [0.15, 0.2) is 0 Å². The molecule has 0 radical (unpaired) electrons. The maximum atomic E-state index is 11.2. The van der Waals surface area contributed by atoms with Gasteiger partial charge in [0.25, 0.3) is 0 Å². The van der Waals surface area contributed by atoms with Crippen molar-refractivity contribution in [3.8, 4) is 0 Å². The Bertz CT molecular complexity index is 291. The number of rotatable bonds is 2. The van der Waals surface area contributed by atoms with Gasteiger partial charge in [0.1, 0.15) is 0 Å². The predicted octanol–water partition coefficient (Wildman–Crippen LogP) is 3.86. The summed E-state index contributed by atoms with van der Waals surface area (Å²) in [4.78, 5) is 0. The highest BCUT2D eigenvalue weighted by atomic mass is 16.5. The fraction of sp³-hybridized carbons (Fsp3) is 1.00. The summed E-state index contributed by atoms with van der Waals surface area (Å²) in [7, 11) is 0. The highest BCUT2D eigenvalue weighted by Crippen LogP contribution is 2.50. The van der Waals surface area contributed by atoms with Crippen molar-refractivity contribution in [3.05, 3.63) is 0 Å². The van der Waals surface area contributed by atoms with Crippen LogP contribution in [0.4, 0.5) is 0 Å². The minimum atomic E-state index is 0.0840. The van der Waals surface area contributed by atoms with Gasteiger partial charge >= 0.3 is 0 Å². The van der Waals surface area contributed by atoms with E-state index in [4.69, 9.17) is 0 Å². The fourth-order valence-corrected chi connectivity index (χ4v) is 5.35. The summed E-state index contributed by atoms with van der Waals surface area (Å²) in [5.41, 5.74) is 0.168. The van der Waals surface area contributed by atoms with Crippen molar-refractivity contribution in [2.24, 2.45) is 0 Å². The summed E-state index contributed by atoms with van der Waals surface area (Å²) in [5.74, 6) is 0. The van der Waals surface area contributed by atoms with Gasteiger partial charge in [-0.15, -0.1) is 0 Å². The van der Waals surface area contributed by atoms with Gasteiger partial charge in [-0.25, -0.2) is 0 Å². The van der Waals surface area contributed by atoms with Crippen molar-refractivity contribution in [1.82, 2.24) is 10.4 Å². The Kier molecular flexibility index (Phi) is 4.40. The average molecular weight is 280 g/mol. The van der Waals surface area contributed by atoms with Crippen LogP contribution in [-0.2, 0) is 0 Å². The minimum Gasteiger partial charge on any atom is -0.314 e. The van der Waals surface area contributed by atoms with Crippen LogP contribution >= 0.6 is 0 Å². The largest absolute Gasteiger partial charge is 0.314 e. The Labute approximate surface area is 124 Å². The van der Waals surface area contributed by atoms with Crippen molar-refractivity contribution >= 4 is 0 Å². The lowest BCUT2D eigenvalue weighted by Gasteiger charge is -2.59. The fourth-order valence-electron chi connectivity index (χ4n) is 5.35. The Hall–Kier alpha value is -0.120. The van der Waals surface area contributed by atoms with Crippen molar-refractivity contribution < 1.29 is 5.21 Å². The minimum absolute atomic E-state index is 0.0840. The lowest BCUT2D eigenvalue weighted by Crippen LogP contribution is -2.67. The number of hydrogen-bond donors (Lipinski definition) is 2. The number of hydrogen-bond acceptors (Lipinski definition) is 3. The molecule has 2 N–H and O–H groups in total. The van der Waals surface area contributed by atoms with Crippen LogP contribution in [0.2, 0.25) is 0 Å². The highest BCUT2D eigenvalue weighted by Gasteiger charge is 2.54. The molecule has 2 spiro atoms. The molecule has 0 bridgehead atoms. The van der Waals surface area contributed by atoms with Crippen molar-refractivity contribution in [2.75, 3.05) is 6.54 Å². The summed E-state index contributed by atoms with van der Waals surface area (Å²) in [6.45, 7) is 3.27. The van der Waals surface area contributed by atoms with Crippen LogP contribution in [0.5, 0.6) is 0 Å². The van der Waals surface area contributed by atoms with E-state index in [-0.39, 0.29) is 11.1 Å². The van der Waals surface area contributed by atoms with E-state index in [1.807, 2.05) is 5.06 Å². The molecule has 3 heteroatoms. The van der Waals surface area contributed by atoms with Crippen molar-refractivity contribution in [1.29, 1.82) is 0 Å². The van der Waals surface area contributed by atoms with Gasteiger partial charge < -0.3 is 10.5 Å². The Morgan fingerprint density at radius 3 is 1.75 bits per heavy atom. The zero-order chi connectivity index (χ0) is 14.1. The first-order valence-electron chi connectivity index (χ1n) is 8.93. The number of piperidine rings is 1. The smallest absolute Gasteiger partial charge is 0.0481 e. The maximum absolute atomic E-state index is 11.2. The molecule has 2 aliphatic carbocycles. The molecule has 3 aliphatic rings. The van der Waals surface area contributed by atoms with Gasteiger partial charge in [-0.1, -0.05) is 45.4 Å². The third-order valence-corrected chi connectivity index (χ3v) is 6.21. The van der Waals surface area contributed by atoms with Crippen LogP contribution in [0, 0.1) is 0 Å². The Morgan fingerprint density at radius 2 is 1.35 bits per heavy atom. The van der Waals surface area contributed by atoms with Gasteiger partial charge in [0, 0.05) is 17.1 Å². The maximum Gasteiger partial charge on any atom is 0.0481 e. The summed E-state index contributed by atoms with van der Waals surface area (Å²) in [5, 5.41) is 16.8. The van der Waals surface area contributed by atoms with Crippen LogP contribution in [-0.4, -0.2) is 33.9 Å². The number of nitrogens with one attached hydrogen (secondary N) is 1. The SMILES string of the molecule is CCNC1CC2(CCCCC2)N(O)C2(CCCCC2)C1. The molecular weight excluding hydrogens is 248 g/mol. The van der Waals surface area contributed by atoms with Gasteiger partial charge in [-0.3, -0.25) is 0 Å². The monoisotopic (exact) mass is 280 g/mol. The van der Waals surface area contributed by atoms with E-state index in [0.717, 1.165) is 19.4 Å². The zero-order valence-corrected chi connectivity index (χ0v) is 13.2. The molecule has 0 aromatic carbocycles. The molecule has 0 unspecified atom stereocenters. The summed E-state index contributed by atoms with van der Waals surface area (Å²) in [6.07, 6.45) is 15.0. The van der Waals surface area contributed by atoms with E-state index in [1.165, 1.54) is 64.2 Å². The van der Waals surface area contributed by atoms with E-state index < -0.39 is 0 Å². The van der Waals surface area contributed by atoms with E-state index in [0.29, 0.717) is 6.04 Å². The molecule has 2 saturated carbocycles. The van der Waals surface area contributed by atoms with E-state index >= 15 is 0 Å². The molecule has 0 atom stereocenters. The second-order valence-corrected chi connectivity index (χ2v) is 7.54. The molecule has 1 saturated heterocycles. The molecule has 0 amide bonds. The van der Waals surface area contributed by atoms with Crippen molar-refractivity contribution in [2.45, 2.75) is 101 Å². The molecule has 20 heavy (non-hydrogen) atoms. The lowest BCUT2D eigenvalue weighted by atomic mass is 9.65. The molecule has 3 nitrogen and oxygen atoms in total. The first-order valence-corrected chi connectivity index (χ1v) is 8.93. The standard InChI is InChI=1S/C17H32N2O/c1-2-18-15-13-16(9-5-3-6-10-16)19(20)17(14-15)11-7-4-8-12-17/h15,18,20H,2-14H2,1H3. The average Bonchev–Trinajstić information content (AvgIpc) is 2.47. The summed E-state index contributed by atoms with van der Waals surface area (Å²) >= 11 is 0. The Morgan fingerprint density at radius 1 is 0.900 bits per heavy atom. The van der Waals surface area contributed by atoms with Gasteiger partial charge in [0.2, 0.25) is 0 Å². The van der Waals surface area contributed by atoms with E-state index in [9.17, 15) is 5.21 Å². The first kappa shape index (κ1) is 14.8. The normalized spacial score (nSPS) is 33.6. The first-order chi connectivity index (χ1) is 9.71. The van der Waals surface area contributed by atoms with Crippen LogP contribution in [0.1, 0.15) is 84.0 Å². The Balaban J connectivity index is 1.85. The number of hydroxylamine groups is 2. The highest BCUT2D eigenvalue weighted by molar-refractivity contribution is 5.07. The van der Waals surface area contributed by atoms with Crippen LogP contribution in [0.25, 0.3) is 0 Å². The molecule has 0 aromatic rings. The topological polar surface area (TPSA) is 35.5 Å². The predicted molar refractivity (Wildman–Crippen MR) is 82.0 cm³/mol. The number of nitrogens with zero attached hydrogens (tertiary/aromatic N) is 1. The zero-order valence-electron chi connectivity index (χ0n) is 13.2. The second kappa shape index (κ2) is 5.94. The molecule has 1 aliphatic heterocycles. The van der Waals surface area contributed by atoms with Gasteiger partial charge in [-0.05, 0) is 45.1 Å². The van der Waals surface area contributed by atoms with Crippen LogP contribution < -0.4 is 5.32 Å². The molecular formula is C17H32N2O. The molecule has 1 heterocycles. The molecule has 0 aromatic heterocycles. The summed E-state index contributed by atoms with van der Waals surface area (Å²) in [6, 6.07) is 0.611. The van der Waals surface area contributed by atoms with E-state index in [1.54, 1.807) is 0 Å². The van der Waals surface area contributed by atoms with Gasteiger partial charge in [-0.2, -0.15) is 5.06 Å². The lowest BCUT2D eigenvalue weighted by molar-refractivity contribution is -0.281. The summed E-state index contributed by atoms with van der Waals surface area (Å²) < 4.78 is 0. The van der Waals surface area contributed by atoms with Gasteiger partial charge in [0.05, 0.1) is 0 Å². The third-order valence-electron chi connectivity index (χ3n) is 6.21. The second-order valence-electron chi connectivity index (χ2n) is 7.54. The molecule has 3 rings (SSSR count). The van der Waals surface area contributed by atoms with Crippen LogP contribution in [0.3, 0.4) is 0 Å². The molecule has 3 fully saturated rings. The van der Waals surface area contributed by atoms with Crippen molar-refractivity contribution in [3.63, 3.8) is 0 Å². The van der Waals surface area contributed by atoms with Gasteiger partial charge in [0.15, 0.2) is 0 Å². The van der Waals surface area contributed by atoms with E-state index in [2.05, 4.69) is 12.2 Å². The molecule has 116 valence electrons. The third kappa shape index (κ3) is 2.53. The quantitative estimate of drug-likeness (QED) is 0.806.